The van der Waals surface area contributed by atoms with Crippen molar-refractivity contribution in [3.8, 4) is 0 Å². The molecule has 2 fully saturated rings. The summed E-state index contributed by atoms with van der Waals surface area (Å²) >= 11 is 5.46. The smallest absolute Gasteiger partial charge is 0.243 e. The molecule has 1 amide bonds. The first-order valence-electron chi connectivity index (χ1n) is 8.39. The van der Waals surface area contributed by atoms with Gasteiger partial charge in [0.05, 0.1) is 6.54 Å². The Morgan fingerprint density at radius 1 is 1.26 bits per heavy atom. The number of hydrogen-bond donors (Lipinski definition) is 2. The standard InChI is InChI=1S/C18H25N3OS/c1-12-3-7-15(8-4-12)19-17(22)11-21(2)18(23)20-16-10-13-5-6-14(16)9-13/h3-4,7-8,13-14,16H,5-6,9-11H2,1-2H3,(H,19,22)(H,20,23)/t13-,14+,16+/m0/s1. The van der Waals surface area contributed by atoms with Crippen molar-refractivity contribution in [1.29, 1.82) is 0 Å². The van der Waals surface area contributed by atoms with E-state index in [2.05, 4.69) is 10.6 Å². The Morgan fingerprint density at radius 3 is 2.61 bits per heavy atom. The van der Waals surface area contributed by atoms with Crippen molar-refractivity contribution in [2.75, 3.05) is 18.9 Å². The van der Waals surface area contributed by atoms with Crippen LogP contribution in [0.5, 0.6) is 0 Å². The molecule has 0 radical (unpaired) electrons. The van der Waals surface area contributed by atoms with Crippen LogP contribution < -0.4 is 10.6 Å². The quantitative estimate of drug-likeness (QED) is 0.833. The highest BCUT2D eigenvalue weighted by Gasteiger charge is 2.39. The average Bonchev–Trinajstić information content (AvgIpc) is 3.12. The molecule has 2 aliphatic rings. The Hall–Kier alpha value is -1.62. The van der Waals surface area contributed by atoms with Gasteiger partial charge in [-0.25, -0.2) is 0 Å². The van der Waals surface area contributed by atoms with Crippen LogP contribution >= 0.6 is 12.2 Å². The van der Waals surface area contributed by atoms with Gasteiger partial charge in [-0.3, -0.25) is 4.79 Å². The van der Waals surface area contributed by atoms with Crippen LogP contribution in [0, 0.1) is 18.8 Å². The van der Waals surface area contributed by atoms with Crippen molar-refractivity contribution in [3.63, 3.8) is 0 Å². The molecular weight excluding hydrogens is 306 g/mol. The summed E-state index contributed by atoms with van der Waals surface area (Å²) in [6.45, 7) is 2.29. The second-order valence-corrected chi connectivity index (χ2v) is 7.39. The van der Waals surface area contributed by atoms with Crippen LogP contribution in [0.4, 0.5) is 5.69 Å². The van der Waals surface area contributed by atoms with Crippen molar-refractivity contribution < 1.29 is 4.79 Å². The molecule has 0 saturated heterocycles. The monoisotopic (exact) mass is 331 g/mol. The summed E-state index contributed by atoms with van der Waals surface area (Å²) < 4.78 is 0. The van der Waals surface area contributed by atoms with E-state index in [1.807, 2.05) is 43.1 Å². The van der Waals surface area contributed by atoms with E-state index in [0.717, 1.165) is 17.5 Å². The fourth-order valence-electron chi connectivity index (χ4n) is 3.81. The van der Waals surface area contributed by atoms with Gasteiger partial charge in [0.25, 0.3) is 0 Å². The molecule has 23 heavy (non-hydrogen) atoms. The van der Waals surface area contributed by atoms with Crippen LogP contribution in [-0.4, -0.2) is 35.6 Å². The zero-order valence-corrected chi connectivity index (χ0v) is 14.7. The van der Waals surface area contributed by atoms with E-state index in [0.29, 0.717) is 11.2 Å². The molecule has 0 unspecified atom stereocenters. The van der Waals surface area contributed by atoms with Gasteiger partial charge in [-0.05, 0) is 62.4 Å². The highest BCUT2D eigenvalue weighted by atomic mass is 32.1. The summed E-state index contributed by atoms with van der Waals surface area (Å²) in [5, 5.41) is 7.05. The highest BCUT2D eigenvalue weighted by Crippen LogP contribution is 2.44. The third-order valence-electron chi connectivity index (χ3n) is 5.11. The summed E-state index contributed by atoms with van der Waals surface area (Å²) in [4.78, 5) is 14.0. The molecule has 4 nitrogen and oxygen atoms in total. The van der Waals surface area contributed by atoms with Crippen molar-refractivity contribution in [3.05, 3.63) is 29.8 Å². The summed E-state index contributed by atoms with van der Waals surface area (Å²) in [6, 6.07) is 8.31. The lowest BCUT2D eigenvalue weighted by Crippen LogP contribution is -2.47. The number of amides is 1. The molecule has 0 heterocycles. The van der Waals surface area contributed by atoms with Crippen molar-refractivity contribution in [2.24, 2.45) is 11.8 Å². The number of nitrogens with one attached hydrogen (secondary N) is 2. The van der Waals surface area contributed by atoms with Crippen LogP contribution in [0.1, 0.15) is 31.2 Å². The second kappa shape index (κ2) is 6.87. The Labute approximate surface area is 143 Å². The molecule has 0 aromatic heterocycles. The molecule has 5 heteroatoms. The lowest BCUT2D eigenvalue weighted by molar-refractivity contribution is -0.116. The number of carbonyl (C=O) groups excluding carboxylic acids is 1. The Morgan fingerprint density at radius 2 is 2.00 bits per heavy atom. The fourth-order valence-corrected chi connectivity index (χ4v) is 4.03. The molecule has 3 rings (SSSR count). The molecule has 0 spiro atoms. The highest BCUT2D eigenvalue weighted by molar-refractivity contribution is 7.80. The molecule has 3 atom stereocenters. The van der Waals surface area contributed by atoms with Gasteiger partial charge in [0.1, 0.15) is 0 Å². The van der Waals surface area contributed by atoms with E-state index in [9.17, 15) is 4.79 Å². The fraction of sp³-hybridized carbons (Fsp3) is 0.556. The Kier molecular flexibility index (Phi) is 4.85. The Balaban J connectivity index is 1.46. The molecule has 1 aromatic rings. The first kappa shape index (κ1) is 16.2. The number of carbonyl (C=O) groups is 1. The molecular formula is C18H25N3OS. The predicted octanol–water partition coefficient (Wildman–Crippen LogP) is 2.93. The largest absolute Gasteiger partial charge is 0.360 e. The maximum Gasteiger partial charge on any atom is 0.243 e. The SMILES string of the molecule is Cc1ccc(NC(=O)CN(C)C(=S)N[C@@H]2C[C@H]3CC[C@@H]2C3)cc1. The summed E-state index contributed by atoms with van der Waals surface area (Å²) in [7, 11) is 1.87. The maximum absolute atomic E-state index is 12.1. The summed E-state index contributed by atoms with van der Waals surface area (Å²) in [5.41, 5.74) is 2.00. The van der Waals surface area contributed by atoms with Crippen molar-refractivity contribution >= 4 is 28.9 Å². The van der Waals surface area contributed by atoms with Gasteiger partial charge in [0.15, 0.2) is 5.11 Å². The number of anilines is 1. The first-order chi connectivity index (χ1) is 11.0. The Bertz CT molecular complexity index is 586. The lowest BCUT2D eigenvalue weighted by atomic mass is 9.95. The minimum Gasteiger partial charge on any atom is -0.360 e. The molecule has 2 aliphatic carbocycles. The van der Waals surface area contributed by atoms with E-state index < -0.39 is 0 Å². The summed E-state index contributed by atoms with van der Waals surface area (Å²) in [6.07, 6.45) is 5.28. The van der Waals surface area contributed by atoms with Gasteiger partial charge in [-0.2, -0.15) is 0 Å². The predicted molar refractivity (Wildman–Crippen MR) is 97.4 cm³/mol. The molecule has 2 N–H and O–H groups in total. The number of likely N-dealkylation sites (N-methyl/N-ethyl adjacent to an activating group) is 1. The maximum atomic E-state index is 12.1. The number of rotatable bonds is 4. The van der Waals surface area contributed by atoms with Crippen LogP contribution in [-0.2, 0) is 4.79 Å². The number of aryl methyl sites for hydroxylation is 1. The number of fused-ring (bicyclic) bond motifs is 2. The minimum atomic E-state index is -0.0477. The number of nitrogens with zero attached hydrogens (tertiary/aromatic N) is 1. The number of thiocarbonyl (C=S) groups is 1. The van der Waals surface area contributed by atoms with Gasteiger partial charge >= 0.3 is 0 Å². The van der Waals surface area contributed by atoms with Gasteiger partial charge in [0, 0.05) is 18.8 Å². The van der Waals surface area contributed by atoms with Gasteiger partial charge < -0.3 is 15.5 Å². The molecule has 1 aromatic carbocycles. The molecule has 124 valence electrons. The van der Waals surface area contributed by atoms with Gasteiger partial charge in [0.2, 0.25) is 5.91 Å². The zero-order valence-electron chi connectivity index (χ0n) is 13.8. The van der Waals surface area contributed by atoms with Crippen molar-refractivity contribution in [2.45, 2.75) is 38.6 Å². The lowest BCUT2D eigenvalue weighted by Gasteiger charge is -2.28. The minimum absolute atomic E-state index is 0.0477. The van der Waals surface area contributed by atoms with E-state index in [4.69, 9.17) is 12.2 Å². The number of benzene rings is 1. The number of hydrogen-bond acceptors (Lipinski definition) is 2. The normalized spacial score (nSPS) is 25.2. The second-order valence-electron chi connectivity index (χ2n) is 7.00. The van der Waals surface area contributed by atoms with Crippen LogP contribution in [0.25, 0.3) is 0 Å². The van der Waals surface area contributed by atoms with Crippen LogP contribution in [0.2, 0.25) is 0 Å². The third kappa shape index (κ3) is 4.02. The molecule has 2 bridgehead atoms. The van der Waals surface area contributed by atoms with Gasteiger partial charge in [-0.15, -0.1) is 0 Å². The molecule has 0 aliphatic heterocycles. The van der Waals surface area contributed by atoms with E-state index >= 15 is 0 Å². The molecule has 2 saturated carbocycles. The zero-order chi connectivity index (χ0) is 16.4. The third-order valence-corrected chi connectivity index (χ3v) is 5.54. The van der Waals surface area contributed by atoms with Gasteiger partial charge in [-0.1, -0.05) is 24.1 Å². The van der Waals surface area contributed by atoms with E-state index in [1.54, 1.807) is 0 Å². The first-order valence-corrected chi connectivity index (χ1v) is 8.80. The topological polar surface area (TPSA) is 44.4 Å². The van der Waals surface area contributed by atoms with E-state index in [1.165, 1.54) is 31.2 Å². The van der Waals surface area contributed by atoms with Crippen molar-refractivity contribution in [1.82, 2.24) is 10.2 Å². The average molecular weight is 331 g/mol. The van der Waals surface area contributed by atoms with Crippen LogP contribution in [0.15, 0.2) is 24.3 Å². The van der Waals surface area contributed by atoms with E-state index in [-0.39, 0.29) is 12.5 Å². The van der Waals surface area contributed by atoms with Crippen LogP contribution in [0.3, 0.4) is 0 Å². The summed E-state index contributed by atoms with van der Waals surface area (Å²) in [5.74, 6) is 1.61.